The molecule has 2 saturated heterocycles. The number of methoxy groups -OCH3 is 1. The Labute approximate surface area is 227 Å². The molecule has 0 bridgehead atoms. The minimum atomic E-state index is -3.59. The van der Waals surface area contributed by atoms with Crippen LogP contribution in [0.3, 0.4) is 0 Å². The van der Waals surface area contributed by atoms with Crippen molar-refractivity contribution in [3.63, 3.8) is 0 Å². The quantitative estimate of drug-likeness (QED) is 0.453. The number of imidazole rings is 1. The average molecular weight is 559 g/mol. The van der Waals surface area contributed by atoms with E-state index in [0.29, 0.717) is 30.7 Å². The Morgan fingerprint density at radius 3 is 2.49 bits per heavy atom. The van der Waals surface area contributed by atoms with Crippen LogP contribution in [0.25, 0.3) is 5.69 Å². The van der Waals surface area contributed by atoms with E-state index in [1.807, 2.05) is 35.9 Å². The minimum Gasteiger partial charge on any atom is -0.495 e. The van der Waals surface area contributed by atoms with Gasteiger partial charge in [0.05, 0.1) is 42.5 Å². The lowest BCUT2D eigenvalue weighted by atomic mass is 9.68. The van der Waals surface area contributed by atoms with Crippen LogP contribution in [0, 0.1) is 24.0 Å². The zero-order chi connectivity index (χ0) is 28.1. The van der Waals surface area contributed by atoms with Crippen LogP contribution in [0.4, 0.5) is 8.78 Å². The lowest BCUT2D eigenvalue weighted by Crippen LogP contribution is -2.53. The highest BCUT2D eigenvalue weighted by Crippen LogP contribution is 2.51. The molecule has 2 aliphatic rings. The van der Waals surface area contributed by atoms with Crippen molar-refractivity contribution in [2.75, 3.05) is 33.0 Å². The van der Waals surface area contributed by atoms with Gasteiger partial charge in [0, 0.05) is 37.8 Å². The highest BCUT2D eigenvalue weighted by Gasteiger charge is 2.57. The Morgan fingerprint density at radius 2 is 1.87 bits per heavy atom. The molecule has 1 aromatic heterocycles. The predicted octanol–water partition coefficient (Wildman–Crippen LogP) is 4.20. The molecule has 39 heavy (non-hydrogen) atoms. The Balaban J connectivity index is 1.56. The first kappa shape index (κ1) is 27.3. The van der Waals surface area contributed by atoms with Gasteiger partial charge in [0.1, 0.15) is 17.4 Å². The maximum Gasteiger partial charge on any atom is 0.231 e. The van der Waals surface area contributed by atoms with Gasteiger partial charge in [0.15, 0.2) is 0 Å². The standard InChI is InChI=1S/C28H32F2N4O4S/c1-18-14-32(17-31-18)25-7-6-20(12-26(25)38-3)24-15-33(39(4,36)37)16-28(24)8-5-9-34(27(28)35)19(2)21-10-22(29)13-23(30)11-21/h6-7,10-14,17,19,24H,5,8-9,15-16H2,1-4H3/t19-,24?,28?/m0/s1. The van der Waals surface area contributed by atoms with Gasteiger partial charge in [-0.05, 0) is 62.1 Å². The van der Waals surface area contributed by atoms with E-state index < -0.39 is 39.0 Å². The van der Waals surface area contributed by atoms with E-state index >= 15 is 0 Å². The fraction of sp³-hybridized carbons (Fsp3) is 0.429. The van der Waals surface area contributed by atoms with E-state index in [9.17, 15) is 22.0 Å². The summed E-state index contributed by atoms with van der Waals surface area (Å²) >= 11 is 0. The van der Waals surface area contributed by atoms with Crippen LogP contribution in [0.5, 0.6) is 5.75 Å². The number of hydrogen-bond donors (Lipinski definition) is 0. The van der Waals surface area contributed by atoms with Gasteiger partial charge in [-0.25, -0.2) is 26.5 Å². The van der Waals surface area contributed by atoms with E-state index in [1.54, 1.807) is 25.3 Å². The maximum atomic E-state index is 14.3. The number of carbonyl (C=O) groups is 1. The van der Waals surface area contributed by atoms with E-state index in [1.165, 1.54) is 16.4 Å². The van der Waals surface area contributed by atoms with Crippen LogP contribution in [0.1, 0.15) is 48.5 Å². The number of amides is 1. The number of hydrogen-bond acceptors (Lipinski definition) is 5. The second-order valence-corrected chi connectivity index (χ2v) is 12.6. The summed E-state index contributed by atoms with van der Waals surface area (Å²) in [6, 6.07) is 8.33. The average Bonchev–Trinajstić information content (AvgIpc) is 3.49. The largest absolute Gasteiger partial charge is 0.495 e. The molecule has 3 heterocycles. The van der Waals surface area contributed by atoms with Gasteiger partial charge in [-0.15, -0.1) is 0 Å². The molecule has 0 radical (unpaired) electrons. The number of carbonyl (C=O) groups excluding carboxylic acids is 1. The zero-order valence-corrected chi connectivity index (χ0v) is 23.2. The number of aryl methyl sites for hydroxylation is 1. The number of rotatable bonds is 6. The maximum absolute atomic E-state index is 14.3. The molecule has 2 aliphatic heterocycles. The molecule has 2 aromatic carbocycles. The third-order valence-electron chi connectivity index (χ3n) is 8.12. The Morgan fingerprint density at radius 1 is 1.15 bits per heavy atom. The summed E-state index contributed by atoms with van der Waals surface area (Å²) < 4.78 is 62.3. The number of halogens is 2. The fourth-order valence-corrected chi connectivity index (χ4v) is 7.00. The van der Waals surface area contributed by atoms with Gasteiger partial charge >= 0.3 is 0 Å². The summed E-state index contributed by atoms with van der Waals surface area (Å²) in [6.45, 7) is 4.23. The molecule has 5 rings (SSSR count). The molecular weight excluding hydrogens is 526 g/mol. The summed E-state index contributed by atoms with van der Waals surface area (Å²) in [6.07, 6.45) is 5.84. The molecule has 8 nitrogen and oxygen atoms in total. The van der Waals surface area contributed by atoms with E-state index in [0.717, 1.165) is 29.3 Å². The third-order valence-corrected chi connectivity index (χ3v) is 9.34. The van der Waals surface area contributed by atoms with Crippen molar-refractivity contribution in [2.24, 2.45) is 5.41 Å². The first-order chi connectivity index (χ1) is 18.4. The van der Waals surface area contributed by atoms with Crippen molar-refractivity contribution in [1.29, 1.82) is 0 Å². The van der Waals surface area contributed by atoms with E-state index in [-0.39, 0.29) is 19.0 Å². The molecule has 208 valence electrons. The molecule has 3 aromatic rings. The van der Waals surface area contributed by atoms with E-state index in [2.05, 4.69) is 4.98 Å². The minimum absolute atomic E-state index is 0.0425. The fourth-order valence-electron chi connectivity index (χ4n) is 6.12. The number of ether oxygens (including phenoxy) is 1. The number of sulfonamides is 1. The number of piperidine rings is 1. The van der Waals surface area contributed by atoms with E-state index in [4.69, 9.17) is 4.74 Å². The highest BCUT2D eigenvalue weighted by atomic mass is 32.2. The van der Waals surface area contributed by atoms with Crippen LogP contribution in [0.2, 0.25) is 0 Å². The van der Waals surface area contributed by atoms with Crippen molar-refractivity contribution in [3.05, 3.63) is 77.4 Å². The summed E-state index contributed by atoms with van der Waals surface area (Å²) in [4.78, 5) is 20.2. The molecule has 0 saturated carbocycles. The van der Waals surface area contributed by atoms with Gasteiger partial charge in [-0.3, -0.25) is 4.79 Å². The second kappa shape index (κ2) is 10.0. The summed E-state index contributed by atoms with van der Waals surface area (Å²) in [5, 5.41) is 0. The Hall–Kier alpha value is -3.31. The molecule has 11 heteroatoms. The molecule has 0 N–H and O–H groups in total. The monoisotopic (exact) mass is 558 g/mol. The molecule has 1 spiro atoms. The predicted molar refractivity (Wildman–Crippen MR) is 142 cm³/mol. The van der Waals surface area contributed by atoms with Crippen LogP contribution < -0.4 is 4.74 Å². The van der Waals surface area contributed by atoms with Crippen LogP contribution in [0.15, 0.2) is 48.9 Å². The Kier molecular flexibility index (Phi) is 7.00. The summed E-state index contributed by atoms with van der Waals surface area (Å²) in [5.41, 5.74) is 1.74. The summed E-state index contributed by atoms with van der Waals surface area (Å²) in [7, 11) is -2.03. The Bertz CT molecular complexity index is 1510. The van der Waals surface area contributed by atoms with Crippen molar-refractivity contribution < 1.29 is 26.7 Å². The normalized spacial score (nSPS) is 23.0. The summed E-state index contributed by atoms with van der Waals surface area (Å²) in [5.74, 6) is -1.50. The van der Waals surface area contributed by atoms with Crippen LogP contribution in [-0.4, -0.2) is 66.1 Å². The van der Waals surface area contributed by atoms with Crippen molar-refractivity contribution >= 4 is 15.9 Å². The van der Waals surface area contributed by atoms with Gasteiger partial charge in [-0.1, -0.05) is 6.07 Å². The highest BCUT2D eigenvalue weighted by molar-refractivity contribution is 7.88. The number of benzene rings is 2. The number of likely N-dealkylation sites (tertiary alicyclic amines) is 1. The zero-order valence-electron chi connectivity index (χ0n) is 22.4. The molecule has 2 unspecified atom stereocenters. The van der Waals surface area contributed by atoms with Crippen LogP contribution >= 0.6 is 0 Å². The van der Waals surface area contributed by atoms with Crippen molar-refractivity contribution in [3.8, 4) is 11.4 Å². The molecule has 2 fully saturated rings. The van der Waals surface area contributed by atoms with Gasteiger partial charge in [0.2, 0.25) is 15.9 Å². The van der Waals surface area contributed by atoms with Crippen LogP contribution in [-0.2, 0) is 14.8 Å². The lowest BCUT2D eigenvalue weighted by molar-refractivity contribution is -0.149. The second-order valence-electron chi connectivity index (χ2n) is 10.6. The molecule has 0 aliphatic carbocycles. The van der Waals surface area contributed by atoms with Gasteiger partial charge in [0.25, 0.3) is 0 Å². The lowest BCUT2D eigenvalue weighted by Gasteiger charge is -2.45. The topological polar surface area (TPSA) is 84.7 Å². The molecular formula is C28H32F2N4O4S. The first-order valence-corrected chi connectivity index (χ1v) is 14.7. The van der Waals surface area contributed by atoms with Gasteiger partial charge in [-0.2, -0.15) is 0 Å². The van der Waals surface area contributed by atoms with Crippen molar-refractivity contribution in [2.45, 2.75) is 38.6 Å². The number of aromatic nitrogens is 2. The van der Waals surface area contributed by atoms with Gasteiger partial charge < -0.3 is 14.2 Å². The molecule has 1 amide bonds. The smallest absolute Gasteiger partial charge is 0.231 e. The molecule has 3 atom stereocenters. The SMILES string of the molecule is COc1cc(C2CN(S(C)(=O)=O)CC23CCCN([C@@H](C)c2cc(F)cc(F)c2)C3=O)ccc1-n1cnc(C)c1. The van der Waals surface area contributed by atoms with Crippen molar-refractivity contribution in [1.82, 2.24) is 18.8 Å². The third kappa shape index (κ3) is 4.93. The number of nitrogens with zero attached hydrogens (tertiary/aromatic N) is 4. The first-order valence-electron chi connectivity index (χ1n) is 12.8.